The van der Waals surface area contributed by atoms with Crippen molar-refractivity contribution in [3.05, 3.63) is 42.1 Å². The summed E-state index contributed by atoms with van der Waals surface area (Å²) in [7, 11) is 0. The molecule has 41 heavy (non-hydrogen) atoms. The summed E-state index contributed by atoms with van der Waals surface area (Å²) in [6.45, 7) is 13.4. The molecule has 0 aliphatic carbocycles. The van der Waals surface area contributed by atoms with Crippen LogP contribution in [0.15, 0.2) is 30.7 Å². The molecule has 0 unspecified atom stereocenters. The largest absolute Gasteiger partial charge is 0.451 e. The minimum Gasteiger partial charge on any atom is -0.451 e. The Morgan fingerprint density at radius 2 is 1.88 bits per heavy atom. The fraction of sp³-hybridized carbons (Fsp3) is 0.633. The van der Waals surface area contributed by atoms with Crippen molar-refractivity contribution in [1.82, 2.24) is 19.8 Å². The van der Waals surface area contributed by atoms with Crippen LogP contribution in [0.4, 0.5) is 10.2 Å². The van der Waals surface area contributed by atoms with Crippen LogP contribution in [0.2, 0.25) is 0 Å². The number of carbonyl (C=O) groups excluding carboxylic acids is 1. The minimum atomic E-state index is -0.484. The van der Waals surface area contributed by atoms with E-state index >= 15 is 0 Å². The molecule has 2 aromatic rings. The van der Waals surface area contributed by atoms with Crippen LogP contribution in [0.5, 0.6) is 11.5 Å². The van der Waals surface area contributed by atoms with Gasteiger partial charge in [-0.1, -0.05) is 0 Å². The number of nitrogens with zero attached hydrogens (tertiary/aromatic N) is 5. The lowest BCUT2D eigenvalue weighted by Crippen LogP contribution is -2.61. The van der Waals surface area contributed by atoms with E-state index in [1.807, 2.05) is 27.7 Å². The van der Waals surface area contributed by atoms with Gasteiger partial charge in [0.1, 0.15) is 17.9 Å². The highest BCUT2D eigenvalue weighted by atomic mass is 35.5. The summed E-state index contributed by atoms with van der Waals surface area (Å²) in [5.74, 6) is 0.700. The Labute approximate surface area is 249 Å². The Bertz CT molecular complexity index is 1170. The van der Waals surface area contributed by atoms with Gasteiger partial charge >= 0.3 is 0 Å². The number of halogens is 2. The molecule has 3 fully saturated rings. The second kappa shape index (κ2) is 13.2. The zero-order valence-corrected chi connectivity index (χ0v) is 25.4. The van der Waals surface area contributed by atoms with Gasteiger partial charge in [-0.2, -0.15) is 0 Å². The first-order chi connectivity index (χ1) is 19.1. The van der Waals surface area contributed by atoms with Crippen LogP contribution < -0.4 is 15.4 Å². The minimum absolute atomic E-state index is 0. The average molecular weight is 591 g/mol. The fourth-order valence-corrected chi connectivity index (χ4v) is 6.40. The summed E-state index contributed by atoms with van der Waals surface area (Å²) in [4.78, 5) is 28.7. The predicted octanol–water partition coefficient (Wildman–Crippen LogP) is 4.50. The van der Waals surface area contributed by atoms with Crippen molar-refractivity contribution in [2.75, 3.05) is 44.2 Å². The maximum Gasteiger partial charge on any atom is 0.258 e. The van der Waals surface area contributed by atoms with E-state index in [-0.39, 0.29) is 47.4 Å². The standard InChI is InChI=1S/C30H43FN6O3.ClH/c1-20(2)37(21(3)4)29(38)25-13-22(31)5-8-26(25)40-27-14-33-19-34-28(27)36-17-30(18-36)9-11-35(12-10-30)15-24-7-6-23(32)16-39-24;/h5,8,13-14,19-21,23-24H,6-7,9-12,15-18,32H2,1-4H3;1H/t23-,24+;/m1./s1. The molecule has 1 amide bonds. The van der Waals surface area contributed by atoms with Gasteiger partial charge in [-0.25, -0.2) is 14.4 Å². The summed E-state index contributed by atoms with van der Waals surface area (Å²) in [6.07, 6.45) is 7.78. The predicted molar refractivity (Wildman–Crippen MR) is 159 cm³/mol. The maximum absolute atomic E-state index is 14.3. The third kappa shape index (κ3) is 7.10. The molecule has 0 saturated carbocycles. The van der Waals surface area contributed by atoms with Crippen molar-refractivity contribution < 1.29 is 18.7 Å². The molecule has 1 aromatic carbocycles. The summed E-state index contributed by atoms with van der Waals surface area (Å²) in [5.41, 5.74) is 6.43. The van der Waals surface area contributed by atoms with Gasteiger partial charge in [0, 0.05) is 43.2 Å². The highest BCUT2D eigenvalue weighted by Gasteiger charge is 2.46. The van der Waals surface area contributed by atoms with Gasteiger partial charge in [0.2, 0.25) is 0 Å². The lowest BCUT2D eigenvalue weighted by Gasteiger charge is -2.54. The molecule has 9 nitrogen and oxygen atoms in total. The number of nitrogens with two attached hydrogens (primary N) is 1. The SMILES string of the molecule is CC(C)N(C(=O)c1cc(F)ccc1Oc1cncnc1N1CC2(CCN(C[C@@H]3CC[C@@H](N)CO3)CC2)C1)C(C)C.Cl. The fourth-order valence-electron chi connectivity index (χ4n) is 6.40. The van der Waals surface area contributed by atoms with E-state index in [0.29, 0.717) is 30.0 Å². The van der Waals surface area contributed by atoms with Crippen LogP contribution in [-0.2, 0) is 4.74 Å². The van der Waals surface area contributed by atoms with Crippen LogP contribution in [0.3, 0.4) is 0 Å². The lowest BCUT2D eigenvalue weighted by molar-refractivity contribution is -0.0277. The third-order valence-electron chi connectivity index (χ3n) is 8.53. The second-order valence-corrected chi connectivity index (χ2v) is 12.3. The number of rotatable bonds is 8. The number of amides is 1. The molecule has 0 radical (unpaired) electrons. The number of hydrogen-bond donors (Lipinski definition) is 1. The lowest BCUT2D eigenvalue weighted by atomic mass is 9.72. The van der Waals surface area contributed by atoms with E-state index in [1.165, 1.54) is 24.5 Å². The molecule has 226 valence electrons. The molecule has 3 aliphatic heterocycles. The van der Waals surface area contributed by atoms with Gasteiger partial charge in [-0.15, -0.1) is 12.4 Å². The Kier molecular flexibility index (Phi) is 10.1. The highest BCUT2D eigenvalue weighted by Crippen LogP contribution is 2.45. The first kappa shape index (κ1) is 31.4. The zero-order valence-electron chi connectivity index (χ0n) is 24.6. The molecule has 4 heterocycles. The van der Waals surface area contributed by atoms with E-state index < -0.39 is 5.82 Å². The van der Waals surface area contributed by atoms with Crippen LogP contribution in [-0.4, -0.2) is 89.2 Å². The van der Waals surface area contributed by atoms with Gasteiger partial charge in [-0.05, 0) is 84.7 Å². The van der Waals surface area contributed by atoms with Crippen LogP contribution in [0, 0.1) is 11.2 Å². The van der Waals surface area contributed by atoms with Gasteiger partial charge in [0.15, 0.2) is 11.6 Å². The van der Waals surface area contributed by atoms with Gasteiger partial charge in [-0.3, -0.25) is 4.79 Å². The van der Waals surface area contributed by atoms with Crippen LogP contribution in [0.25, 0.3) is 0 Å². The molecule has 1 spiro atoms. The maximum atomic E-state index is 14.3. The van der Waals surface area contributed by atoms with Gasteiger partial charge in [0.25, 0.3) is 5.91 Å². The van der Waals surface area contributed by atoms with Crippen molar-refractivity contribution >= 4 is 24.1 Å². The number of hydrogen-bond acceptors (Lipinski definition) is 8. The molecular formula is C30H44ClFN6O3. The van der Waals surface area contributed by atoms with E-state index in [2.05, 4.69) is 19.8 Å². The Balaban J connectivity index is 0.00000387. The monoisotopic (exact) mass is 590 g/mol. The highest BCUT2D eigenvalue weighted by molar-refractivity contribution is 5.97. The van der Waals surface area contributed by atoms with E-state index in [0.717, 1.165) is 58.4 Å². The number of likely N-dealkylation sites (tertiary alicyclic amines) is 1. The first-order valence-electron chi connectivity index (χ1n) is 14.6. The number of carbonyl (C=O) groups is 1. The van der Waals surface area contributed by atoms with Gasteiger partial charge < -0.3 is 29.9 Å². The molecular weight excluding hydrogens is 547 g/mol. The van der Waals surface area contributed by atoms with Gasteiger partial charge in [0.05, 0.1) is 24.5 Å². The summed E-state index contributed by atoms with van der Waals surface area (Å²) < 4.78 is 26.5. The van der Waals surface area contributed by atoms with Crippen LogP contribution in [0.1, 0.15) is 63.7 Å². The molecule has 5 rings (SSSR count). The van der Waals surface area contributed by atoms with E-state index in [9.17, 15) is 9.18 Å². The van der Waals surface area contributed by atoms with Crippen molar-refractivity contribution in [1.29, 1.82) is 0 Å². The smallest absolute Gasteiger partial charge is 0.258 e. The molecule has 11 heteroatoms. The normalized spacial score (nSPS) is 22.4. The van der Waals surface area contributed by atoms with Crippen molar-refractivity contribution in [2.24, 2.45) is 11.1 Å². The number of anilines is 1. The molecule has 2 atom stereocenters. The average Bonchev–Trinajstić information content (AvgIpc) is 2.90. The summed E-state index contributed by atoms with van der Waals surface area (Å²) >= 11 is 0. The quantitative estimate of drug-likeness (QED) is 0.480. The summed E-state index contributed by atoms with van der Waals surface area (Å²) in [6, 6.07) is 4.16. The topological polar surface area (TPSA) is 97.1 Å². The first-order valence-corrected chi connectivity index (χ1v) is 14.6. The molecule has 3 aliphatic rings. The Hall–Kier alpha value is -2.53. The van der Waals surface area contributed by atoms with E-state index in [4.69, 9.17) is 15.2 Å². The van der Waals surface area contributed by atoms with Crippen molar-refractivity contribution in [3.8, 4) is 11.5 Å². The second-order valence-electron chi connectivity index (χ2n) is 12.3. The summed E-state index contributed by atoms with van der Waals surface area (Å²) in [5, 5.41) is 0. The molecule has 0 bridgehead atoms. The molecule has 3 saturated heterocycles. The molecule has 2 N–H and O–H groups in total. The van der Waals surface area contributed by atoms with Crippen molar-refractivity contribution in [2.45, 2.75) is 77.6 Å². The molecule has 1 aromatic heterocycles. The number of piperidine rings is 1. The number of ether oxygens (including phenoxy) is 2. The number of benzene rings is 1. The van der Waals surface area contributed by atoms with E-state index in [1.54, 1.807) is 11.1 Å². The number of aromatic nitrogens is 2. The Morgan fingerprint density at radius 1 is 1.17 bits per heavy atom. The third-order valence-corrected chi connectivity index (χ3v) is 8.53. The zero-order chi connectivity index (χ0) is 28.4. The van der Waals surface area contributed by atoms with Crippen LogP contribution >= 0.6 is 12.4 Å². The Morgan fingerprint density at radius 3 is 2.51 bits per heavy atom. The van der Waals surface area contributed by atoms with Crippen molar-refractivity contribution in [3.63, 3.8) is 0 Å².